The van der Waals surface area contributed by atoms with Crippen molar-refractivity contribution in [1.82, 2.24) is 0 Å². The monoisotopic (exact) mass is 149 g/mol. The summed E-state index contributed by atoms with van der Waals surface area (Å²) < 4.78 is 0. The first-order valence-corrected chi connectivity index (χ1v) is 3.54. The molecule has 0 unspecified atom stereocenters. The van der Waals surface area contributed by atoms with E-state index in [4.69, 9.17) is 5.73 Å². The standard InChI is InChI=1S/C9H11NO/c1-7(11)9-4-2-8(6-10)3-5-9/h2-5H,6,10H2,1H3. The van der Waals surface area contributed by atoms with Crippen LogP contribution in [0.3, 0.4) is 0 Å². The molecule has 0 saturated heterocycles. The number of Topliss-reactive ketones (excluding diaryl/α,β-unsaturated/α-hetero) is 1. The van der Waals surface area contributed by atoms with Gasteiger partial charge in [-0.3, -0.25) is 4.79 Å². The van der Waals surface area contributed by atoms with E-state index in [2.05, 4.69) is 0 Å². The molecule has 58 valence electrons. The van der Waals surface area contributed by atoms with Gasteiger partial charge in [-0.25, -0.2) is 0 Å². The van der Waals surface area contributed by atoms with Gasteiger partial charge in [-0.15, -0.1) is 0 Å². The Balaban J connectivity index is 2.91. The minimum absolute atomic E-state index is 0.0913. The zero-order chi connectivity index (χ0) is 8.27. The number of hydrogen-bond donors (Lipinski definition) is 1. The summed E-state index contributed by atoms with van der Waals surface area (Å²) in [6, 6.07) is 7.34. The second-order valence-corrected chi connectivity index (χ2v) is 2.46. The number of carbonyl (C=O) groups is 1. The predicted molar refractivity (Wildman–Crippen MR) is 44.3 cm³/mol. The SMILES string of the molecule is CC(=O)c1ccc(CN)cc1. The molecule has 2 N–H and O–H groups in total. The fourth-order valence-electron chi connectivity index (χ4n) is 0.876. The van der Waals surface area contributed by atoms with Crippen molar-refractivity contribution in [3.63, 3.8) is 0 Å². The maximum Gasteiger partial charge on any atom is 0.159 e. The second kappa shape index (κ2) is 3.30. The van der Waals surface area contributed by atoms with Crippen LogP contribution in [0.4, 0.5) is 0 Å². The minimum atomic E-state index is 0.0913. The highest BCUT2D eigenvalue weighted by Crippen LogP contribution is 2.03. The van der Waals surface area contributed by atoms with Gasteiger partial charge in [0.2, 0.25) is 0 Å². The van der Waals surface area contributed by atoms with Crippen LogP contribution >= 0.6 is 0 Å². The Bertz CT molecular complexity index is 251. The molecular weight excluding hydrogens is 138 g/mol. The number of ketones is 1. The average Bonchev–Trinajstić information content (AvgIpc) is 2.05. The predicted octanol–water partition coefficient (Wildman–Crippen LogP) is 1.35. The van der Waals surface area contributed by atoms with Gasteiger partial charge in [0.25, 0.3) is 0 Å². The fourth-order valence-corrected chi connectivity index (χ4v) is 0.876. The molecule has 0 aliphatic carbocycles. The van der Waals surface area contributed by atoms with Crippen LogP contribution in [0.2, 0.25) is 0 Å². The van der Waals surface area contributed by atoms with Crippen molar-refractivity contribution in [3.05, 3.63) is 35.4 Å². The molecular formula is C9H11NO. The van der Waals surface area contributed by atoms with Crippen LogP contribution in [0, 0.1) is 0 Å². The molecule has 2 heteroatoms. The van der Waals surface area contributed by atoms with Gasteiger partial charge >= 0.3 is 0 Å². The summed E-state index contributed by atoms with van der Waals surface area (Å²) in [5.41, 5.74) is 7.18. The summed E-state index contributed by atoms with van der Waals surface area (Å²) in [6.45, 7) is 2.08. The van der Waals surface area contributed by atoms with Crippen LogP contribution in [0.25, 0.3) is 0 Å². The Kier molecular flexibility index (Phi) is 2.39. The van der Waals surface area contributed by atoms with Crippen LogP contribution in [-0.2, 0) is 6.54 Å². The first kappa shape index (κ1) is 7.95. The molecule has 0 aromatic heterocycles. The molecule has 1 aromatic carbocycles. The minimum Gasteiger partial charge on any atom is -0.326 e. The lowest BCUT2D eigenvalue weighted by atomic mass is 10.1. The fraction of sp³-hybridized carbons (Fsp3) is 0.222. The lowest BCUT2D eigenvalue weighted by Crippen LogP contribution is -1.97. The van der Waals surface area contributed by atoms with Crippen LogP contribution in [0.1, 0.15) is 22.8 Å². The molecule has 1 rings (SSSR count). The summed E-state index contributed by atoms with van der Waals surface area (Å²) in [7, 11) is 0. The molecule has 1 aromatic rings. The summed E-state index contributed by atoms with van der Waals surface area (Å²) >= 11 is 0. The van der Waals surface area contributed by atoms with Gasteiger partial charge < -0.3 is 5.73 Å². The molecule has 2 nitrogen and oxygen atoms in total. The van der Waals surface area contributed by atoms with E-state index in [-0.39, 0.29) is 5.78 Å². The summed E-state index contributed by atoms with van der Waals surface area (Å²) in [6.07, 6.45) is 0. The molecule has 0 atom stereocenters. The van der Waals surface area contributed by atoms with E-state index >= 15 is 0 Å². The van der Waals surface area contributed by atoms with Crippen molar-refractivity contribution in [2.24, 2.45) is 5.73 Å². The molecule has 0 fully saturated rings. The van der Waals surface area contributed by atoms with Gasteiger partial charge in [-0.1, -0.05) is 24.3 Å². The normalized spacial score (nSPS) is 9.64. The van der Waals surface area contributed by atoms with Crippen molar-refractivity contribution in [2.45, 2.75) is 13.5 Å². The van der Waals surface area contributed by atoms with Crippen molar-refractivity contribution in [2.75, 3.05) is 0 Å². The van der Waals surface area contributed by atoms with Gasteiger partial charge in [0.15, 0.2) is 5.78 Å². The molecule has 0 spiro atoms. The van der Waals surface area contributed by atoms with E-state index in [0.717, 1.165) is 11.1 Å². The number of hydrogen-bond acceptors (Lipinski definition) is 2. The molecule has 0 saturated carbocycles. The Morgan fingerprint density at radius 1 is 1.36 bits per heavy atom. The molecule has 0 aliphatic rings. The maximum atomic E-state index is 10.8. The second-order valence-electron chi connectivity index (χ2n) is 2.46. The van der Waals surface area contributed by atoms with Crippen LogP contribution in [0.15, 0.2) is 24.3 Å². The van der Waals surface area contributed by atoms with E-state index in [9.17, 15) is 4.79 Å². The third kappa shape index (κ3) is 1.88. The number of benzene rings is 1. The van der Waals surface area contributed by atoms with Crippen molar-refractivity contribution in [1.29, 1.82) is 0 Å². The van der Waals surface area contributed by atoms with Crippen molar-refractivity contribution in [3.8, 4) is 0 Å². The van der Waals surface area contributed by atoms with E-state index in [1.165, 1.54) is 0 Å². The van der Waals surface area contributed by atoms with E-state index in [1.54, 1.807) is 19.1 Å². The highest BCUT2D eigenvalue weighted by Gasteiger charge is 1.96. The number of carbonyl (C=O) groups excluding carboxylic acids is 1. The number of nitrogens with two attached hydrogens (primary N) is 1. The first-order valence-electron chi connectivity index (χ1n) is 3.54. The zero-order valence-electron chi connectivity index (χ0n) is 6.50. The molecule has 0 amide bonds. The largest absolute Gasteiger partial charge is 0.326 e. The lowest BCUT2D eigenvalue weighted by Gasteiger charge is -1.97. The van der Waals surface area contributed by atoms with Gasteiger partial charge in [-0.05, 0) is 12.5 Å². The van der Waals surface area contributed by atoms with Crippen molar-refractivity contribution < 1.29 is 4.79 Å². The molecule has 0 radical (unpaired) electrons. The highest BCUT2D eigenvalue weighted by molar-refractivity contribution is 5.93. The molecule has 0 bridgehead atoms. The topological polar surface area (TPSA) is 43.1 Å². The van der Waals surface area contributed by atoms with Crippen LogP contribution < -0.4 is 5.73 Å². The van der Waals surface area contributed by atoms with E-state index < -0.39 is 0 Å². The Hall–Kier alpha value is -1.15. The summed E-state index contributed by atoms with van der Waals surface area (Å²) in [5, 5.41) is 0. The Labute approximate surface area is 66.0 Å². The average molecular weight is 149 g/mol. The van der Waals surface area contributed by atoms with E-state index in [0.29, 0.717) is 6.54 Å². The summed E-state index contributed by atoms with van der Waals surface area (Å²) in [5.74, 6) is 0.0913. The third-order valence-electron chi connectivity index (χ3n) is 1.60. The zero-order valence-corrected chi connectivity index (χ0v) is 6.50. The smallest absolute Gasteiger partial charge is 0.159 e. The highest BCUT2D eigenvalue weighted by atomic mass is 16.1. The first-order chi connectivity index (χ1) is 5.24. The number of rotatable bonds is 2. The summed E-state index contributed by atoms with van der Waals surface area (Å²) in [4.78, 5) is 10.8. The lowest BCUT2D eigenvalue weighted by molar-refractivity contribution is 0.101. The maximum absolute atomic E-state index is 10.8. The Morgan fingerprint density at radius 2 is 1.91 bits per heavy atom. The van der Waals surface area contributed by atoms with Gasteiger partial charge in [0, 0.05) is 12.1 Å². The van der Waals surface area contributed by atoms with Crippen LogP contribution in [0.5, 0.6) is 0 Å². The van der Waals surface area contributed by atoms with Crippen molar-refractivity contribution >= 4 is 5.78 Å². The molecule has 11 heavy (non-hydrogen) atoms. The van der Waals surface area contributed by atoms with Gasteiger partial charge in [0.1, 0.15) is 0 Å². The van der Waals surface area contributed by atoms with Gasteiger partial charge in [0.05, 0.1) is 0 Å². The molecule has 0 heterocycles. The third-order valence-corrected chi connectivity index (χ3v) is 1.60. The van der Waals surface area contributed by atoms with E-state index in [1.807, 2.05) is 12.1 Å². The Morgan fingerprint density at radius 3 is 2.27 bits per heavy atom. The quantitative estimate of drug-likeness (QED) is 0.645. The van der Waals surface area contributed by atoms with Crippen LogP contribution in [-0.4, -0.2) is 5.78 Å². The van der Waals surface area contributed by atoms with Gasteiger partial charge in [-0.2, -0.15) is 0 Å². The molecule has 0 aliphatic heterocycles.